The molecule has 6 nitrogen and oxygen atoms in total. The van der Waals surface area contributed by atoms with Crippen LogP contribution in [0.4, 0.5) is 0 Å². The van der Waals surface area contributed by atoms with Gasteiger partial charge in [-0.3, -0.25) is 9.69 Å². The average Bonchev–Trinajstić information content (AvgIpc) is 2.61. The first-order chi connectivity index (χ1) is 10.2. The summed E-state index contributed by atoms with van der Waals surface area (Å²) in [5, 5.41) is 30.3. The van der Waals surface area contributed by atoms with Crippen LogP contribution in [0.2, 0.25) is 0 Å². The van der Waals surface area contributed by atoms with E-state index in [2.05, 4.69) is 6.92 Å². The zero-order chi connectivity index (χ0) is 17.1. The fourth-order valence-electron chi connectivity index (χ4n) is 3.19. The van der Waals surface area contributed by atoms with Crippen LogP contribution in [0.5, 0.6) is 0 Å². The van der Waals surface area contributed by atoms with E-state index in [4.69, 9.17) is 0 Å². The van der Waals surface area contributed by atoms with E-state index >= 15 is 0 Å². The van der Waals surface area contributed by atoms with Crippen LogP contribution in [0.3, 0.4) is 0 Å². The Morgan fingerprint density at radius 2 is 1.91 bits per heavy atom. The van der Waals surface area contributed by atoms with Gasteiger partial charge in [0.15, 0.2) is 6.04 Å². The van der Waals surface area contributed by atoms with Crippen molar-refractivity contribution in [2.45, 2.75) is 77.7 Å². The van der Waals surface area contributed by atoms with Gasteiger partial charge in [-0.2, -0.15) is 0 Å². The van der Waals surface area contributed by atoms with Gasteiger partial charge in [-0.15, -0.1) is 0 Å². The SMILES string of the molecule is CCCCCC[C@H]1C(=O)N([C@@H](O)C(C)C)[C@@H](C(=O)O)[C@@]1(C)O. The van der Waals surface area contributed by atoms with Crippen LogP contribution >= 0.6 is 0 Å². The summed E-state index contributed by atoms with van der Waals surface area (Å²) in [4.78, 5) is 25.1. The van der Waals surface area contributed by atoms with Gasteiger partial charge in [-0.25, -0.2) is 4.79 Å². The number of unbranched alkanes of at least 4 members (excludes halogenated alkanes) is 3. The van der Waals surface area contributed by atoms with Crippen molar-refractivity contribution in [2.75, 3.05) is 0 Å². The fraction of sp³-hybridized carbons (Fsp3) is 0.875. The minimum Gasteiger partial charge on any atom is -0.480 e. The summed E-state index contributed by atoms with van der Waals surface area (Å²) < 4.78 is 0. The highest BCUT2D eigenvalue weighted by Crippen LogP contribution is 2.40. The Bertz CT molecular complexity index is 407. The Morgan fingerprint density at radius 3 is 2.36 bits per heavy atom. The van der Waals surface area contributed by atoms with Gasteiger partial charge in [0.05, 0.1) is 5.92 Å². The van der Waals surface area contributed by atoms with E-state index in [1.54, 1.807) is 13.8 Å². The van der Waals surface area contributed by atoms with Crippen molar-refractivity contribution in [1.82, 2.24) is 4.90 Å². The number of carboxylic acid groups (broad SMARTS) is 1. The molecule has 3 N–H and O–H groups in total. The van der Waals surface area contributed by atoms with E-state index in [1.165, 1.54) is 6.92 Å². The normalized spacial score (nSPS) is 30.1. The molecule has 0 radical (unpaired) electrons. The summed E-state index contributed by atoms with van der Waals surface area (Å²) in [6, 6.07) is -1.41. The Labute approximate surface area is 132 Å². The van der Waals surface area contributed by atoms with Crippen LogP contribution in [0.25, 0.3) is 0 Å². The van der Waals surface area contributed by atoms with E-state index in [0.29, 0.717) is 6.42 Å². The molecule has 0 unspecified atom stereocenters. The second-order valence-electron chi connectivity index (χ2n) is 6.77. The van der Waals surface area contributed by atoms with E-state index in [0.717, 1.165) is 30.6 Å². The minimum absolute atomic E-state index is 0.305. The van der Waals surface area contributed by atoms with E-state index in [9.17, 15) is 24.9 Å². The van der Waals surface area contributed by atoms with Gasteiger partial charge in [0.2, 0.25) is 5.91 Å². The van der Waals surface area contributed by atoms with Gasteiger partial charge >= 0.3 is 5.97 Å². The number of aliphatic carboxylic acids is 1. The van der Waals surface area contributed by atoms with Crippen LogP contribution < -0.4 is 0 Å². The molecule has 0 aromatic rings. The molecule has 0 aliphatic carbocycles. The molecule has 0 saturated carbocycles. The second kappa shape index (κ2) is 7.42. The first-order valence-electron chi connectivity index (χ1n) is 8.11. The number of hydrogen-bond acceptors (Lipinski definition) is 4. The molecular weight excluding hydrogens is 286 g/mol. The highest BCUT2D eigenvalue weighted by Gasteiger charge is 2.60. The topological polar surface area (TPSA) is 98.1 Å². The Morgan fingerprint density at radius 1 is 1.32 bits per heavy atom. The molecule has 1 saturated heterocycles. The van der Waals surface area contributed by atoms with Crippen LogP contribution in [-0.2, 0) is 9.59 Å². The highest BCUT2D eigenvalue weighted by atomic mass is 16.4. The van der Waals surface area contributed by atoms with Gasteiger partial charge in [0.1, 0.15) is 11.8 Å². The number of nitrogens with zero attached hydrogens (tertiary/aromatic N) is 1. The summed E-state index contributed by atoms with van der Waals surface area (Å²) in [5.74, 6) is -2.83. The summed E-state index contributed by atoms with van der Waals surface area (Å²) in [6.07, 6.45) is 3.05. The molecule has 1 rings (SSSR count). The van der Waals surface area contributed by atoms with E-state index in [-0.39, 0.29) is 5.92 Å². The van der Waals surface area contributed by atoms with Gasteiger partial charge in [0.25, 0.3) is 0 Å². The summed E-state index contributed by atoms with van der Waals surface area (Å²) in [5.41, 5.74) is -1.68. The lowest BCUT2D eigenvalue weighted by atomic mass is 9.83. The van der Waals surface area contributed by atoms with Crippen molar-refractivity contribution in [3.8, 4) is 0 Å². The van der Waals surface area contributed by atoms with Crippen molar-refractivity contribution in [2.24, 2.45) is 11.8 Å². The third-order valence-corrected chi connectivity index (χ3v) is 4.55. The average molecular weight is 315 g/mol. The smallest absolute Gasteiger partial charge is 0.329 e. The molecule has 0 aromatic carbocycles. The van der Waals surface area contributed by atoms with E-state index in [1.807, 2.05) is 0 Å². The van der Waals surface area contributed by atoms with Crippen molar-refractivity contribution in [1.29, 1.82) is 0 Å². The third-order valence-electron chi connectivity index (χ3n) is 4.55. The highest BCUT2D eigenvalue weighted by molar-refractivity contribution is 5.91. The van der Waals surface area contributed by atoms with Gasteiger partial charge in [-0.05, 0) is 19.3 Å². The monoisotopic (exact) mass is 315 g/mol. The number of amides is 1. The standard InChI is InChI=1S/C16H29NO5/c1-5-6-7-8-9-11-14(19)17(13(18)10(2)3)12(15(20)21)16(11,4)22/h10-13,18,22H,5-9H2,1-4H3,(H,20,21)/t11-,12-,13-,16-/m0/s1. The number of aliphatic hydroxyl groups is 2. The summed E-state index contributed by atoms with van der Waals surface area (Å²) in [6.45, 7) is 6.89. The molecule has 4 atom stereocenters. The maximum Gasteiger partial charge on any atom is 0.329 e. The van der Waals surface area contributed by atoms with Crippen molar-refractivity contribution < 1.29 is 24.9 Å². The lowest BCUT2D eigenvalue weighted by Crippen LogP contribution is -2.54. The Kier molecular flexibility index (Phi) is 6.38. The molecule has 22 heavy (non-hydrogen) atoms. The molecule has 1 aliphatic rings. The predicted octanol–water partition coefficient (Wildman–Crippen LogP) is 1.59. The molecule has 6 heteroatoms. The number of hydrogen-bond donors (Lipinski definition) is 3. The number of carboxylic acids is 1. The zero-order valence-electron chi connectivity index (χ0n) is 14.0. The lowest BCUT2D eigenvalue weighted by Gasteiger charge is -2.33. The number of aliphatic hydroxyl groups excluding tert-OH is 1. The molecule has 0 bridgehead atoms. The quantitative estimate of drug-likeness (QED) is 0.591. The molecule has 1 fully saturated rings. The van der Waals surface area contributed by atoms with Crippen molar-refractivity contribution >= 4 is 11.9 Å². The lowest BCUT2D eigenvalue weighted by molar-refractivity contribution is -0.162. The maximum absolute atomic E-state index is 12.6. The van der Waals surface area contributed by atoms with Crippen LogP contribution in [-0.4, -0.2) is 50.0 Å². The summed E-state index contributed by atoms with van der Waals surface area (Å²) >= 11 is 0. The molecule has 128 valence electrons. The Balaban J connectivity index is 3.00. The van der Waals surface area contributed by atoms with E-state index < -0.39 is 35.7 Å². The largest absolute Gasteiger partial charge is 0.480 e. The van der Waals surface area contributed by atoms with Gasteiger partial charge in [-0.1, -0.05) is 46.5 Å². The Hall–Kier alpha value is -1.14. The number of carbonyl (C=O) groups excluding carboxylic acids is 1. The molecule has 0 aromatic heterocycles. The predicted molar refractivity (Wildman–Crippen MR) is 82.0 cm³/mol. The van der Waals surface area contributed by atoms with Crippen LogP contribution in [0, 0.1) is 11.8 Å². The molecule has 1 aliphatic heterocycles. The fourth-order valence-corrected chi connectivity index (χ4v) is 3.19. The summed E-state index contributed by atoms with van der Waals surface area (Å²) in [7, 11) is 0. The second-order valence-corrected chi connectivity index (χ2v) is 6.77. The first kappa shape index (κ1) is 18.9. The van der Waals surface area contributed by atoms with Crippen LogP contribution in [0.15, 0.2) is 0 Å². The van der Waals surface area contributed by atoms with Gasteiger partial charge in [0, 0.05) is 0 Å². The first-order valence-corrected chi connectivity index (χ1v) is 8.11. The number of rotatable bonds is 8. The van der Waals surface area contributed by atoms with Crippen LogP contribution in [0.1, 0.15) is 59.8 Å². The maximum atomic E-state index is 12.6. The number of likely N-dealkylation sites (tertiary alicyclic amines) is 1. The minimum atomic E-state index is -1.68. The molecular formula is C16H29NO5. The van der Waals surface area contributed by atoms with Gasteiger partial charge < -0.3 is 15.3 Å². The van der Waals surface area contributed by atoms with Crippen molar-refractivity contribution in [3.63, 3.8) is 0 Å². The zero-order valence-corrected chi connectivity index (χ0v) is 14.0. The molecule has 0 spiro atoms. The molecule has 1 heterocycles. The van der Waals surface area contributed by atoms with Crippen molar-refractivity contribution in [3.05, 3.63) is 0 Å². The number of carbonyl (C=O) groups is 2. The third kappa shape index (κ3) is 3.60. The molecule has 1 amide bonds.